The quantitative estimate of drug-likeness (QED) is 0.449. The SMILES string of the molecule is O=C(NC1CC2CCC1C2)C1=C[C@H](c2ccc3c(c2)Cc2ccccc2-3)C[C@H](OCCCCO)O1. The average Bonchev–Trinajstić information content (AvgIpc) is 3.60. The maximum absolute atomic E-state index is 13.3. The summed E-state index contributed by atoms with van der Waals surface area (Å²) in [6.45, 7) is 0.671. The molecule has 3 unspecified atom stereocenters. The molecular formula is C30H35NO4. The standard InChI is InChI=1S/C30H35NO4/c32-11-3-4-12-34-29-18-23(17-28(35-29)30(33)31-27-14-19-7-8-22(27)13-19)20-9-10-26-24(15-20)16-21-5-1-2-6-25(21)26/h1-2,5-6,9-10,15,17,19,22-23,27,29,32H,3-4,7-8,11-14,16,18H2,(H,31,33)/t19?,22?,23-,27?,29+/m0/s1. The predicted octanol–water partition coefficient (Wildman–Crippen LogP) is 5.07. The number of allylic oxidation sites excluding steroid dienone is 1. The Balaban J connectivity index is 1.21. The summed E-state index contributed by atoms with van der Waals surface area (Å²) in [5.74, 6) is 1.73. The highest BCUT2D eigenvalue weighted by Gasteiger charge is 2.41. The molecule has 2 fully saturated rings. The summed E-state index contributed by atoms with van der Waals surface area (Å²) in [7, 11) is 0. The van der Waals surface area contributed by atoms with E-state index < -0.39 is 6.29 Å². The molecule has 2 N–H and O–H groups in total. The van der Waals surface area contributed by atoms with Gasteiger partial charge in [0.2, 0.25) is 6.29 Å². The zero-order valence-electron chi connectivity index (χ0n) is 20.2. The molecule has 1 heterocycles. The van der Waals surface area contributed by atoms with Crippen LogP contribution in [0.5, 0.6) is 0 Å². The minimum absolute atomic E-state index is 0.0568. The topological polar surface area (TPSA) is 67.8 Å². The highest BCUT2D eigenvalue weighted by atomic mass is 16.7. The summed E-state index contributed by atoms with van der Waals surface area (Å²) in [4.78, 5) is 13.3. The summed E-state index contributed by atoms with van der Waals surface area (Å²) in [6, 6.07) is 15.6. The third kappa shape index (κ3) is 4.64. The summed E-state index contributed by atoms with van der Waals surface area (Å²) >= 11 is 0. The van der Waals surface area contributed by atoms with Gasteiger partial charge in [0.1, 0.15) is 0 Å². The largest absolute Gasteiger partial charge is 0.459 e. The Bertz CT molecular complexity index is 1130. The number of amides is 1. The first-order valence-corrected chi connectivity index (χ1v) is 13.3. The fraction of sp³-hybridized carbons (Fsp3) is 0.500. The van der Waals surface area contributed by atoms with Gasteiger partial charge in [0, 0.05) is 25.0 Å². The average molecular weight is 474 g/mol. The molecule has 184 valence electrons. The van der Waals surface area contributed by atoms with E-state index in [0.29, 0.717) is 31.1 Å². The smallest absolute Gasteiger partial charge is 0.286 e. The molecule has 3 aliphatic carbocycles. The number of rotatable bonds is 8. The van der Waals surface area contributed by atoms with Crippen LogP contribution < -0.4 is 5.32 Å². The number of carbonyl (C=O) groups excluding carboxylic acids is 1. The lowest BCUT2D eigenvalue weighted by atomic mass is 9.90. The number of benzene rings is 2. The van der Waals surface area contributed by atoms with E-state index in [0.717, 1.165) is 25.2 Å². The van der Waals surface area contributed by atoms with E-state index in [-0.39, 0.29) is 24.5 Å². The maximum atomic E-state index is 13.3. The van der Waals surface area contributed by atoms with Crippen molar-refractivity contribution in [3.05, 3.63) is 71.0 Å². The third-order valence-corrected chi connectivity index (χ3v) is 8.44. The van der Waals surface area contributed by atoms with E-state index in [1.165, 1.54) is 47.1 Å². The number of hydrogen-bond donors (Lipinski definition) is 2. The van der Waals surface area contributed by atoms with Gasteiger partial charge < -0.3 is 19.9 Å². The summed E-state index contributed by atoms with van der Waals surface area (Å²) in [6.07, 6.45) is 9.52. The van der Waals surface area contributed by atoms with Crippen LogP contribution in [-0.4, -0.2) is 36.6 Å². The number of hydrogen-bond acceptors (Lipinski definition) is 4. The lowest BCUT2D eigenvalue weighted by molar-refractivity contribution is -0.147. The molecule has 0 aromatic heterocycles. The Morgan fingerprint density at radius 3 is 2.74 bits per heavy atom. The molecule has 4 aliphatic rings. The van der Waals surface area contributed by atoms with Gasteiger partial charge in [-0.2, -0.15) is 0 Å². The number of aliphatic hydroxyl groups is 1. The second-order valence-corrected chi connectivity index (χ2v) is 10.7. The lowest BCUT2D eigenvalue weighted by Gasteiger charge is -2.31. The summed E-state index contributed by atoms with van der Waals surface area (Å²) in [5.41, 5.74) is 6.56. The fourth-order valence-corrected chi connectivity index (χ4v) is 6.64. The van der Waals surface area contributed by atoms with Crippen molar-refractivity contribution < 1.29 is 19.4 Å². The van der Waals surface area contributed by atoms with Crippen molar-refractivity contribution in [1.29, 1.82) is 0 Å². The van der Waals surface area contributed by atoms with Gasteiger partial charge in [-0.25, -0.2) is 0 Å². The first-order chi connectivity index (χ1) is 17.2. The number of carbonyl (C=O) groups is 1. The van der Waals surface area contributed by atoms with E-state index in [4.69, 9.17) is 14.6 Å². The molecule has 5 nitrogen and oxygen atoms in total. The van der Waals surface area contributed by atoms with Gasteiger partial charge in [-0.1, -0.05) is 48.9 Å². The molecule has 35 heavy (non-hydrogen) atoms. The number of ether oxygens (including phenoxy) is 2. The van der Waals surface area contributed by atoms with Crippen molar-refractivity contribution >= 4 is 5.91 Å². The molecule has 0 spiro atoms. The molecule has 6 rings (SSSR count). The van der Waals surface area contributed by atoms with Gasteiger partial charge >= 0.3 is 0 Å². The lowest BCUT2D eigenvalue weighted by Crippen LogP contribution is -2.41. The van der Waals surface area contributed by atoms with Crippen LogP contribution in [0.3, 0.4) is 0 Å². The monoisotopic (exact) mass is 473 g/mol. The molecule has 1 amide bonds. The third-order valence-electron chi connectivity index (χ3n) is 8.44. The van der Waals surface area contributed by atoms with Crippen LogP contribution in [0.2, 0.25) is 0 Å². The molecule has 2 aromatic carbocycles. The van der Waals surface area contributed by atoms with Crippen LogP contribution in [0.25, 0.3) is 11.1 Å². The van der Waals surface area contributed by atoms with Gasteiger partial charge in [0.05, 0.1) is 6.61 Å². The van der Waals surface area contributed by atoms with E-state index in [1.54, 1.807) is 0 Å². The highest BCUT2D eigenvalue weighted by molar-refractivity contribution is 5.92. The first-order valence-electron chi connectivity index (χ1n) is 13.3. The highest BCUT2D eigenvalue weighted by Crippen LogP contribution is 2.45. The van der Waals surface area contributed by atoms with Crippen molar-refractivity contribution in [1.82, 2.24) is 5.32 Å². The molecule has 0 radical (unpaired) electrons. The van der Waals surface area contributed by atoms with Gasteiger partial charge in [0.25, 0.3) is 5.91 Å². The van der Waals surface area contributed by atoms with Crippen LogP contribution in [0.4, 0.5) is 0 Å². The second kappa shape index (κ2) is 9.79. The van der Waals surface area contributed by atoms with Crippen LogP contribution in [0.1, 0.15) is 67.6 Å². The number of aliphatic hydroxyl groups excluding tert-OH is 1. The molecule has 2 saturated carbocycles. The molecular weight excluding hydrogens is 438 g/mol. The first kappa shape index (κ1) is 22.8. The van der Waals surface area contributed by atoms with Crippen LogP contribution in [0.15, 0.2) is 54.3 Å². The second-order valence-electron chi connectivity index (χ2n) is 10.7. The van der Waals surface area contributed by atoms with Crippen molar-refractivity contribution in [2.45, 2.75) is 69.6 Å². The summed E-state index contributed by atoms with van der Waals surface area (Å²) in [5, 5.41) is 12.4. The molecule has 2 aromatic rings. The van der Waals surface area contributed by atoms with Crippen LogP contribution >= 0.6 is 0 Å². The Kier molecular flexibility index (Phi) is 6.38. The maximum Gasteiger partial charge on any atom is 0.286 e. The van der Waals surface area contributed by atoms with Crippen molar-refractivity contribution in [3.8, 4) is 11.1 Å². The number of fused-ring (bicyclic) bond motifs is 5. The Labute approximate surface area is 207 Å². The van der Waals surface area contributed by atoms with Crippen molar-refractivity contribution in [3.63, 3.8) is 0 Å². The number of unbranched alkanes of at least 4 members (excludes halogenated alkanes) is 1. The van der Waals surface area contributed by atoms with Crippen molar-refractivity contribution in [2.24, 2.45) is 11.8 Å². The zero-order valence-corrected chi connectivity index (χ0v) is 20.2. The Morgan fingerprint density at radius 2 is 1.91 bits per heavy atom. The Hall–Kier alpha value is -2.63. The minimum Gasteiger partial charge on any atom is -0.459 e. The zero-order chi connectivity index (χ0) is 23.8. The van der Waals surface area contributed by atoms with E-state index in [9.17, 15) is 4.79 Å². The van der Waals surface area contributed by atoms with E-state index >= 15 is 0 Å². The molecule has 5 heteroatoms. The van der Waals surface area contributed by atoms with E-state index in [2.05, 4.69) is 47.8 Å². The Morgan fingerprint density at radius 1 is 1.03 bits per heavy atom. The van der Waals surface area contributed by atoms with Gasteiger partial charge in [-0.15, -0.1) is 0 Å². The van der Waals surface area contributed by atoms with Crippen molar-refractivity contribution in [2.75, 3.05) is 13.2 Å². The van der Waals surface area contributed by atoms with Gasteiger partial charge in [-0.05, 0) is 84.3 Å². The molecule has 2 bridgehead atoms. The molecule has 5 atom stereocenters. The van der Waals surface area contributed by atoms with E-state index in [1.807, 2.05) is 6.08 Å². The fourth-order valence-electron chi connectivity index (χ4n) is 6.64. The minimum atomic E-state index is -0.463. The molecule has 0 saturated heterocycles. The normalized spacial score (nSPS) is 28.3. The van der Waals surface area contributed by atoms with Gasteiger partial charge in [-0.3, -0.25) is 4.79 Å². The van der Waals surface area contributed by atoms with Crippen LogP contribution in [0, 0.1) is 11.8 Å². The number of nitrogens with one attached hydrogen (secondary N) is 1. The van der Waals surface area contributed by atoms with Crippen LogP contribution in [-0.2, 0) is 20.7 Å². The van der Waals surface area contributed by atoms with Gasteiger partial charge in [0.15, 0.2) is 5.76 Å². The molecule has 1 aliphatic heterocycles. The summed E-state index contributed by atoms with van der Waals surface area (Å²) < 4.78 is 12.1. The predicted molar refractivity (Wildman–Crippen MR) is 135 cm³/mol.